The number of hydrogen-bond acceptors (Lipinski definition) is 1. The molecule has 1 aromatic rings. The first-order chi connectivity index (χ1) is 14.6. The zero-order valence-electron chi connectivity index (χ0n) is 18.5. The molecule has 0 aliphatic heterocycles. The average Bonchev–Trinajstić information content (AvgIpc) is 2.79. The topological polar surface area (TPSA) is 23.8 Å². The highest BCUT2D eigenvalue weighted by Crippen LogP contribution is 2.47. The van der Waals surface area contributed by atoms with Crippen LogP contribution in [-0.2, 0) is 0 Å². The van der Waals surface area contributed by atoms with Gasteiger partial charge in [-0.2, -0.15) is 5.26 Å². The van der Waals surface area contributed by atoms with E-state index < -0.39 is 0 Å². The second kappa shape index (κ2) is 10.0. The summed E-state index contributed by atoms with van der Waals surface area (Å²) >= 11 is 0. The maximum Gasteiger partial charge on any atom is 0.152 e. The minimum atomic E-state index is -0.284. The fourth-order valence-corrected chi connectivity index (χ4v) is 6.75. The maximum atomic E-state index is 14.3. The van der Waals surface area contributed by atoms with Gasteiger partial charge in [-0.3, -0.25) is 0 Å². The van der Waals surface area contributed by atoms with E-state index in [0.29, 0.717) is 11.5 Å². The summed E-state index contributed by atoms with van der Waals surface area (Å²) in [5.74, 6) is 9.89. The Hall–Kier alpha value is -1.80. The van der Waals surface area contributed by atoms with Crippen molar-refractivity contribution in [3.63, 3.8) is 0 Å². The van der Waals surface area contributed by atoms with Gasteiger partial charge in [0.05, 0.1) is 5.56 Å². The Morgan fingerprint density at radius 1 is 0.767 bits per heavy atom. The van der Waals surface area contributed by atoms with Gasteiger partial charge in [-0.05, 0) is 123 Å². The first-order valence-corrected chi connectivity index (χ1v) is 12.3. The average molecular weight is 406 g/mol. The number of benzene rings is 1. The second-order valence-corrected chi connectivity index (χ2v) is 10.4. The molecule has 0 spiro atoms. The summed E-state index contributed by atoms with van der Waals surface area (Å²) in [7, 11) is 0. The normalized spacial score (nSPS) is 34.4. The van der Waals surface area contributed by atoms with Crippen LogP contribution < -0.4 is 0 Å². The van der Waals surface area contributed by atoms with E-state index in [1.165, 1.54) is 77.0 Å². The van der Waals surface area contributed by atoms with Crippen molar-refractivity contribution < 1.29 is 4.39 Å². The van der Waals surface area contributed by atoms with Crippen LogP contribution in [0.5, 0.6) is 0 Å². The molecule has 4 rings (SSSR count). The summed E-state index contributed by atoms with van der Waals surface area (Å²) in [5.41, 5.74) is 1.45. The van der Waals surface area contributed by atoms with Crippen molar-refractivity contribution in [1.82, 2.24) is 0 Å². The van der Waals surface area contributed by atoms with Crippen LogP contribution in [-0.4, -0.2) is 0 Å². The van der Waals surface area contributed by atoms with Gasteiger partial charge in [-0.1, -0.05) is 25.8 Å². The lowest BCUT2D eigenvalue weighted by Crippen LogP contribution is -2.29. The van der Waals surface area contributed by atoms with Gasteiger partial charge in [-0.25, -0.2) is 4.39 Å². The van der Waals surface area contributed by atoms with Gasteiger partial charge in [0, 0.05) is 5.92 Å². The summed E-state index contributed by atoms with van der Waals surface area (Å²) < 4.78 is 14.3. The molecule has 1 aromatic carbocycles. The van der Waals surface area contributed by atoms with E-state index >= 15 is 0 Å². The van der Waals surface area contributed by atoms with E-state index in [1.54, 1.807) is 18.2 Å². The Morgan fingerprint density at radius 3 is 1.77 bits per heavy atom. The lowest BCUT2D eigenvalue weighted by atomic mass is 9.65. The van der Waals surface area contributed by atoms with E-state index in [9.17, 15) is 4.39 Å². The van der Waals surface area contributed by atoms with Gasteiger partial charge < -0.3 is 0 Å². The Bertz CT molecular complexity index is 801. The van der Waals surface area contributed by atoms with Crippen molar-refractivity contribution in [3.05, 3.63) is 35.1 Å². The molecule has 30 heavy (non-hydrogen) atoms. The largest absolute Gasteiger partial charge is 0.206 e. The number of nitriles is 1. The highest BCUT2D eigenvalue weighted by Gasteiger charge is 2.34. The summed E-state index contributed by atoms with van der Waals surface area (Å²) in [5, 5.41) is 8.55. The van der Waals surface area contributed by atoms with Gasteiger partial charge in [-0.15, -0.1) is 0 Å². The van der Waals surface area contributed by atoms with Crippen molar-refractivity contribution >= 4 is 0 Å². The molecule has 0 heterocycles. The van der Waals surface area contributed by atoms with Gasteiger partial charge in [0.25, 0.3) is 0 Å². The fourth-order valence-electron chi connectivity index (χ4n) is 6.75. The maximum absolute atomic E-state index is 14.3. The molecule has 0 N–H and O–H groups in total. The molecule has 0 saturated heterocycles. The third-order valence-electron chi connectivity index (χ3n) is 8.70. The molecule has 1 nitrogen and oxygen atoms in total. The highest BCUT2D eigenvalue weighted by molar-refractivity contribution is 5.41. The van der Waals surface area contributed by atoms with E-state index in [4.69, 9.17) is 5.26 Å². The zero-order valence-corrected chi connectivity index (χ0v) is 18.5. The van der Waals surface area contributed by atoms with Crippen LogP contribution in [0.3, 0.4) is 0 Å². The lowest BCUT2D eigenvalue weighted by Gasteiger charge is -2.41. The molecule has 0 amide bonds. The number of nitrogens with zero attached hydrogens (tertiary/aromatic N) is 1. The number of hydrogen-bond donors (Lipinski definition) is 0. The third-order valence-corrected chi connectivity index (χ3v) is 8.70. The molecule has 3 saturated carbocycles. The highest BCUT2D eigenvalue weighted by atomic mass is 19.1. The molecule has 0 radical (unpaired) electrons. The Kier molecular flexibility index (Phi) is 7.15. The standard InChI is InChI=1S/C28H36FN/c1-20-4-6-21(7-5-20)22-8-10-23(11-9-22)24-12-14-25(15-13-24)27-17-16-26(3-2-18-30)28(29)19-27/h16-17,19-25H,4-15H2,1H3. The van der Waals surface area contributed by atoms with Crippen molar-refractivity contribution in [3.8, 4) is 17.9 Å². The second-order valence-electron chi connectivity index (χ2n) is 10.4. The first-order valence-electron chi connectivity index (χ1n) is 12.3. The summed E-state index contributed by atoms with van der Waals surface area (Å²) in [6.45, 7) is 2.43. The molecule has 2 heteroatoms. The molecule has 0 aromatic heterocycles. The number of rotatable bonds is 3. The Labute approximate surface area is 182 Å². The smallest absolute Gasteiger partial charge is 0.152 e. The van der Waals surface area contributed by atoms with Crippen LogP contribution in [0.25, 0.3) is 0 Å². The molecule has 0 atom stereocenters. The van der Waals surface area contributed by atoms with Crippen LogP contribution >= 0.6 is 0 Å². The van der Waals surface area contributed by atoms with Crippen LogP contribution in [0.15, 0.2) is 18.2 Å². The van der Waals surface area contributed by atoms with Crippen LogP contribution in [0.1, 0.15) is 101 Å². The molecule has 160 valence electrons. The third kappa shape index (κ3) is 5.09. The van der Waals surface area contributed by atoms with E-state index in [0.717, 1.165) is 35.2 Å². The molecule has 3 fully saturated rings. The van der Waals surface area contributed by atoms with Crippen molar-refractivity contribution in [1.29, 1.82) is 5.26 Å². The van der Waals surface area contributed by atoms with Gasteiger partial charge >= 0.3 is 0 Å². The van der Waals surface area contributed by atoms with Crippen molar-refractivity contribution in [2.24, 2.45) is 29.6 Å². The van der Waals surface area contributed by atoms with E-state index in [-0.39, 0.29) is 5.82 Å². The zero-order chi connectivity index (χ0) is 20.9. The molecule has 0 unspecified atom stereocenters. The van der Waals surface area contributed by atoms with Crippen LogP contribution in [0.4, 0.5) is 4.39 Å². The minimum absolute atomic E-state index is 0.284. The first kappa shape index (κ1) is 21.4. The number of halogens is 1. The summed E-state index contributed by atoms with van der Waals surface area (Å²) in [6, 6.07) is 7.17. The Morgan fingerprint density at radius 2 is 1.27 bits per heavy atom. The molecule has 3 aliphatic carbocycles. The quantitative estimate of drug-likeness (QED) is 0.475. The summed E-state index contributed by atoms with van der Waals surface area (Å²) in [4.78, 5) is 0. The molecule has 0 bridgehead atoms. The van der Waals surface area contributed by atoms with E-state index in [1.807, 2.05) is 6.07 Å². The van der Waals surface area contributed by atoms with Crippen molar-refractivity contribution in [2.75, 3.05) is 0 Å². The van der Waals surface area contributed by atoms with Gasteiger partial charge in [0.1, 0.15) is 5.82 Å². The molecule has 3 aliphatic rings. The minimum Gasteiger partial charge on any atom is -0.206 e. The predicted molar refractivity (Wildman–Crippen MR) is 120 cm³/mol. The summed E-state index contributed by atoms with van der Waals surface area (Å²) in [6.07, 6.45) is 16.7. The monoisotopic (exact) mass is 405 g/mol. The molecular weight excluding hydrogens is 369 g/mol. The predicted octanol–water partition coefficient (Wildman–Crippen LogP) is 7.61. The molecular formula is C28H36FN. The van der Waals surface area contributed by atoms with Gasteiger partial charge in [0.2, 0.25) is 0 Å². The SMILES string of the molecule is CC1CCC(C2CCC(C3CCC(c4ccc(C#CC#N)c(F)c4)CC3)CC2)CC1. The lowest BCUT2D eigenvalue weighted by molar-refractivity contribution is 0.112. The van der Waals surface area contributed by atoms with E-state index in [2.05, 4.69) is 18.8 Å². The van der Waals surface area contributed by atoms with Crippen LogP contribution in [0.2, 0.25) is 0 Å². The fraction of sp³-hybridized carbons (Fsp3) is 0.679. The van der Waals surface area contributed by atoms with Crippen LogP contribution in [0, 0.1) is 58.6 Å². The Balaban J connectivity index is 1.25. The van der Waals surface area contributed by atoms with Gasteiger partial charge in [0.15, 0.2) is 6.07 Å². The van der Waals surface area contributed by atoms with Crippen molar-refractivity contribution in [2.45, 2.75) is 89.9 Å².